The van der Waals surface area contributed by atoms with Gasteiger partial charge < -0.3 is 14.8 Å². The molecule has 30 heavy (non-hydrogen) atoms. The van der Waals surface area contributed by atoms with Crippen LogP contribution >= 0.6 is 0 Å². The Bertz CT molecular complexity index is 903. The summed E-state index contributed by atoms with van der Waals surface area (Å²) in [5.74, 6) is -0.540. The van der Waals surface area contributed by atoms with E-state index in [9.17, 15) is 14.4 Å². The highest BCUT2D eigenvalue weighted by Gasteiger charge is 2.30. The Kier molecular flexibility index (Phi) is 6.90. The van der Waals surface area contributed by atoms with Gasteiger partial charge in [0.1, 0.15) is 12.6 Å². The van der Waals surface area contributed by atoms with Crippen molar-refractivity contribution in [3.8, 4) is 11.5 Å². The summed E-state index contributed by atoms with van der Waals surface area (Å²) in [6.45, 7) is 3.80. The molecule has 0 spiro atoms. The number of hydrogen-bond donors (Lipinski definition) is 3. The molecule has 3 amide bonds. The second-order valence-electron chi connectivity index (χ2n) is 7.05. The van der Waals surface area contributed by atoms with Crippen molar-refractivity contribution in [2.75, 3.05) is 6.61 Å². The number of carbonyl (C=O) groups is 3. The maximum Gasteiger partial charge on any atom is 0.283 e. The van der Waals surface area contributed by atoms with Crippen LogP contribution < -0.4 is 25.6 Å². The van der Waals surface area contributed by atoms with Gasteiger partial charge in [0.2, 0.25) is 6.10 Å². The van der Waals surface area contributed by atoms with Crippen LogP contribution in [-0.2, 0) is 9.59 Å². The number of hydrogen-bond acceptors (Lipinski definition) is 5. The van der Waals surface area contributed by atoms with Crippen LogP contribution in [0.15, 0.2) is 54.6 Å². The van der Waals surface area contributed by atoms with Gasteiger partial charge in [0.15, 0.2) is 11.5 Å². The summed E-state index contributed by atoms with van der Waals surface area (Å²) in [5.41, 5.74) is 5.20. The van der Waals surface area contributed by atoms with Crippen LogP contribution in [0.4, 0.5) is 0 Å². The minimum Gasteiger partial charge on any atom is -0.485 e. The molecule has 2 aromatic carbocycles. The number of ether oxygens (including phenoxy) is 2. The van der Waals surface area contributed by atoms with Crippen molar-refractivity contribution < 1.29 is 23.9 Å². The number of rotatable bonds is 6. The fraction of sp³-hybridized carbons (Fsp3) is 0.318. The van der Waals surface area contributed by atoms with Gasteiger partial charge in [-0.1, -0.05) is 50.6 Å². The summed E-state index contributed by atoms with van der Waals surface area (Å²) in [7, 11) is 0. The number of hydrazine groups is 1. The van der Waals surface area contributed by atoms with Gasteiger partial charge in [-0.15, -0.1) is 0 Å². The van der Waals surface area contributed by atoms with Crippen molar-refractivity contribution >= 4 is 17.7 Å². The molecule has 3 N–H and O–H groups in total. The average Bonchev–Trinajstić information content (AvgIpc) is 2.80. The molecule has 0 aromatic heterocycles. The van der Waals surface area contributed by atoms with E-state index < -0.39 is 24.0 Å². The summed E-state index contributed by atoms with van der Waals surface area (Å²) in [6.07, 6.45) is -0.238. The van der Waals surface area contributed by atoms with Crippen molar-refractivity contribution in [3.63, 3.8) is 0 Å². The Morgan fingerprint density at radius 2 is 1.67 bits per heavy atom. The van der Waals surface area contributed by atoms with Gasteiger partial charge in [-0.25, -0.2) is 0 Å². The zero-order valence-corrected chi connectivity index (χ0v) is 16.9. The second kappa shape index (κ2) is 9.78. The number of benzene rings is 2. The molecule has 1 aliphatic rings. The lowest BCUT2D eigenvalue weighted by Crippen LogP contribution is -2.57. The number of amides is 3. The maximum absolute atomic E-state index is 12.7. The standard InChI is InChI=1S/C22H25N3O5/c1-3-14(2)19(23-20(26)15-9-5-4-6-10-15)22(28)25-24-21(27)18-13-29-16-11-7-8-12-17(16)30-18/h4-12,14,18-19H,3,13H2,1-2H3,(H,23,26)(H,24,27)(H,25,28)/t14-,18?,19-/m0/s1. The number of para-hydroxylation sites is 2. The molecular weight excluding hydrogens is 386 g/mol. The molecule has 8 heteroatoms. The van der Waals surface area contributed by atoms with Gasteiger partial charge >= 0.3 is 0 Å². The SMILES string of the molecule is CC[C@H](C)[C@H](NC(=O)c1ccccc1)C(=O)NNC(=O)C1COc2ccccc2O1. The fourth-order valence-corrected chi connectivity index (χ4v) is 2.95. The van der Waals surface area contributed by atoms with Gasteiger partial charge in [0, 0.05) is 5.56 Å². The number of nitrogens with one attached hydrogen (secondary N) is 3. The quantitative estimate of drug-likeness (QED) is 0.629. The van der Waals surface area contributed by atoms with E-state index in [2.05, 4.69) is 16.2 Å². The van der Waals surface area contributed by atoms with E-state index in [-0.39, 0.29) is 18.4 Å². The average molecular weight is 411 g/mol. The summed E-state index contributed by atoms with van der Waals surface area (Å²) in [6, 6.07) is 14.9. The number of carbonyl (C=O) groups excluding carboxylic acids is 3. The summed E-state index contributed by atoms with van der Waals surface area (Å²) < 4.78 is 11.1. The lowest BCUT2D eigenvalue weighted by Gasteiger charge is -2.27. The van der Waals surface area contributed by atoms with Gasteiger partial charge in [-0.2, -0.15) is 0 Å². The van der Waals surface area contributed by atoms with Gasteiger partial charge in [0.25, 0.3) is 17.7 Å². The van der Waals surface area contributed by atoms with E-state index in [4.69, 9.17) is 9.47 Å². The largest absolute Gasteiger partial charge is 0.485 e. The van der Waals surface area contributed by atoms with Crippen molar-refractivity contribution in [1.82, 2.24) is 16.2 Å². The van der Waals surface area contributed by atoms with Crippen LogP contribution in [0.2, 0.25) is 0 Å². The zero-order valence-electron chi connectivity index (χ0n) is 16.9. The molecule has 0 fully saturated rings. The van der Waals surface area contributed by atoms with Gasteiger partial charge in [-0.05, 0) is 30.2 Å². The van der Waals surface area contributed by atoms with Crippen LogP contribution in [0.5, 0.6) is 11.5 Å². The first-order chi connectivity index (χ1) is 14.5. The molecular formula is C22H25N3O5. The molecule has 0 radical (unpaired) electrons. The smallest absolute Gasteiger partial charge is 0.283 e. The van der Waals surface area contributed by atoms with Crippen LogP contribution in [0.1, 0.15) is 30.6 Å². The topological polar surface area (TPSA) is 106 Å². The molecule has 1 unspecified atom stereocenters. The van der Waals surface area contributed by atoms with Crippen LogP contribution in [-0.4, -0.2) is 36.5 Å². The Morgan fingerprint density at radius 3 is 2.37 bits per heavy atom. The fourth-order valence-electron chi connectivity index (χ4n) is 2.95. The molecule has 0 saturated heterocycles. The van der Waals surface area contributed by atoms with Crippen molar-refractivity contribution in [2.45, 2.75) is 32.4 Å². The van der Waals surface area contributed by atoms with E-state index in [0.29, 0.717) is 23.5 Å². The first-order valence-electron chi connectivity index (χ1n) is 9.83. The second-order valence-corrected chi connectivity index (χ2v) is 7.05. The normalized spacial score (nSPS) is 16.7. The van der Waals surface area contributed by atoms with Crippen LogP contribution in [0.25, 0.3) is 0 Å². The molecule has 3 rings (SSSR count). The molecule has 2 aromatic rings. The summed E-state index contributed by atoms with van der Waals surface area (Å²) in [4.78, 5) is 37.6. The minimum absolute atomic E-state index is 0.0260. The van der Waals surface area contributed by atoms with Gasteiger partial charge in [-0.3, -0.25) is 25.2 Å². The van der Waals surface area contributed by atoms with Crippen molar-refractivity contribution in [1.29, 1.82) is 0 Å². The lowest BCUT2D eigenvalue weighted by molar-refractivity contribution is -0.136. The van der Waals surface area contributed by atoms with Gasteiger partial charge in [0.05, 0.1) is 0 Å². The Morgan fingerprint density at radius 1 is 1.00 bits per heavy atom. The highest BCUT2D eigenvalue weighted by molar-refractivity contribution is 5.98. The first-order valence-corrected chi connectivity index (χ1v) is 9.83. The highest BCUT2D eigenvalue weighted by atomic mass is 16.6. The van der Waals surface area contributed by atoms with E-state index in [0.717, 1.165) is 0 Å². The third-order valence-electron chi connectivity index (χ3n) is 4.93. The summed E-state index contributed by atoms with van der Waals surface area (Å²) in [5, 5.41) is 2.74. The van der Waals surface area contributed by atoms with Crippen LogP contribution in [0, 0.1) is 5.92 Å². The van der Waals surface area contributed by atoms with Crippen LogP contribution in [0.3, 0.4) is 0 Å². The molecule has 0 bridgehead atoms. The summed E-state index contributed by atoms with van der Waals surface area (Å²) >= 11 is 0. The highest BCUT2D eigenvalue weighted by Crippen LogP contribution is 2.30. The number of fused-ring (bicyclic) bond motifs is 1. The Hall–Kier alpha value is -3.55. The molecule has 0 saturated carbocycles. The zero-order chi connectivity index (χ0) is 21.5. The lowest BCUT2D eigenvalue weighted by atomic mass is 9.98. The molecule has 3 atom stereocenters. The van der Waals surface area contributed by atoms with E-state index in [1.54, 1.807) is 48.5 Å². The molecule has 158 valence electrons. The molecule has 1 heterocycles. The predicted octanol–water partition coefficient (Wildman–Crippen LogP) is 1.82. The van der Waals surface area contributed by atoms with Crippen molar-refractivity contribution in [2.24, 2.45) is 5.92 Å². The predicted molar refractivity (Wildman–Crippen MR) is 110 cm³/mol. The van der Waals surface area contributed by atoms with E-state index >= 15 is 0 Å². The molecule has 8 nitrogen and oxygen atoms in total. The first kappa shape index (κ1) is 21.2. The maximum atomic E-state index is 12.7. The molecule has 1 aliphatic heterocycles. The Labute approximate surface area is 174 Å². The minimum atomic E-state index is -0.902. The van der Waals surface area contributed by atoms with E-state index in [1.807, 2.05) is 19.9 Å². The van der Waals surface area contributed by atoms with Crippen molar-refractivity contribution in [3.05, 3.63) is 60.2 Å². The Balaban J connectivity index is 1.58. The third kappa shape index (κ3) is 5.08. The van der Waals surface area contributed by atoms with E-state index in [1.165, 1.54) is 0 Å². The molecule has 0 aliphatic carbocycles. The monoisotopic (exact) mass is 411 g/mol. The third-order valence-corrected chi connectivity index (χ3v) is 4.93.